The molecule has 3 heteroatoms. The van der Waals surface area contributed by atoms with Crippen LogP contribution in [0.5, 0.6) is 0 Å². The summed E-state index contributed by atoms with van der Waals surface area (Å²) in [5.74, 6) is 0.981. The molecule has 2 aliphatic carbocycles. The van der Waals surface area contributed by atoms with Gasteiger partial charge in [0, 0.05) is 25.4 Å². The zero-order chi connectivity index (χ0) is 11.6. The van der Waals surface area contributed by atoms with E-state index in [4.69, 9.17) is 5.73 Å². The van der Waals surface area contributed by atoms with E-state index in [1.165, 1.54) is 38.5 Å². The quantitative estimate of drug-likeness (QED) is 0.773. The van der Waals surface area contributed by atoms with Gasteiger partial charge in [-0.3, -0.25) is 4.79 Å². The van der Waals surface area contributed by atoms with E-state index in [-0.39, 0.29) is 5.41 Å². The van der Waals surface area contributed by atoms with Gasteiger partial charge in [0.1, 0.15) is 0 Å². The van der Waals surface area contributed by atoms with Crippen LogP contribution in [0.1, 0.15) is 44.9 Å². The standard InChI is InChI=1S/C13H24N2O/c1-15(10-13(9-14)6-7-13)12(16)8-11-4-2-3-5-11/h11H,2-10,14H2,1H3. The molecule has 92 valence electrons. The SMILES string of the molecule is CN(CC1(CN)CC1)C(=O)CC1CCCC1. The second kappa shape index (κ2) is 4.74. The first-order chi connectivity index (χ1) is 7.65. The van der Waals surface area contributed by atoms with Crippen LogP contribution >= 0.6 is 0 Å². The molecule has 3 nitrogen and oxygen atoms in total. The van der Waals surface area contributed by atoms with Crippen LogP contribution in [0, 0.1) is 11.3 Å². The van der Waals surface area contributed by atoms with E-state index in [0.717, 1.165) is 19.5 Å². The maximum atomic E-state index is 12.0. The molecule has 0 aromatic rings. The van der Waals surface area contributed by atoms with Crippen molar-refractivity contribution in [3.8, 4) is 0 Å². The van der Waals surface area contributed by atoms with Gasteiger partial charge in [0.25, 0.3) is 0 Å². The van der Waals surface area contributed by atoms with Gasteiger partial charge in [-0.05, 0) is 38.1 Å². The van der Waals surface area contributed by atoms with Crippen LogP contribution in [0.2, 0.25) is 0 Å². The van der Waals surface area contributed by atoms with Crippen molar-refractivity contribution in [2.75, 3.05) is 20.1 Å². The number of amides is 1. The lowest BCUT2D eigenvalue weighted by atomic mass is 10.0. The molecule has 0 saturated heterocycles. The Labute approximate surface area is 98.4 Å². The zero-order valence-electron chi connectivity index (χ0n) is 10.4. The summed E-state index contributed by atoms with van der Waals surface area (Å²) in [6, 6.07) is 0. The lowest BCUT2D eigenvalue weighted by Crippen LogP contribution is -2.36. The molecule has 2 aliphatic rings. The van der Waals surface area contributed by atoms with Crippen molar-refractivity contribution < 1.29 is 4.79 Å². The number of carbonyl (C=O) groups is 1. The molecule has 0 aromatic carbocycles. The molecule has 2 fully saturated rings. The highest BCUT2D eigenvalue weighted by molar-refractivity contribution is 5.76. The van der Waals surface area contributed by atoms with E-state index in [9.17, 15) is 4.79 Å². The summed E-state index contributed by atoms with van der Waals surface area (Å²) in [7, 11) is 1.94. The Bertz CT molecular complexity index is 255. The molecular formula is C13H24N2O. The van der Waals surface area contributed by atoms with Crippen molar-refractivity contribution in [3.05, 3.63) is 0 Å². The van der Waals surface area contributed by atoms with Gasteiger partial charge >= 0.3 is 0 Å². The van der Waals surface area contributed by atoms with Crippen LogP contribution in [0.3, 0.4) is 0 Å². The molecule has 0 atom stereocenters. The Morgan fingerprint density at radius 1 is 1.38 bits per heavy atom. The maximum absolute atomic E-state index is 12.0. The second-order valence-corrected chi connectivity index (χ2v) is 5.81. The van der Waals surface area contributed by atoms with Gasteiger partial charge in [0.05, 0.1) is 0 Å². The Hall–Kier alpha value is -0.570. The summed E-state index contributed by atoms with van der Waals surface area (Å²) < 4.78 is 0. The number of hydrogen-bond donors (Lipinski definition) is 1. The Kier molecular flexibility index (Phi) is 3.53. The molecule has 2 saturated carbocycles. The van der Waals surface area contributed by atoms with Crippen molar-refractivity contribution in [2.24, 2.45) is 17.1 Å². The van der Waals surface area contributed by atoms with Crippen LogP contribution in [0.4, 0.5) is 0 Å². The number of carbonyl (C=O) groups excluding carboxylic acids is 1. The molecule has 0 spiro atoms. The minimum Gasteiger partial charge on any atom is -0.345 e. The molecule has 2 rings (SSSR count). The summed E-state index contributed by atoms with van der Waals surface area (Å²) in [6.07, 6.45) is 8.29. The highest BCUT2D eigenvalue weighted by Crippen LogP contribution is 2.45. The van der Waals surface area contributed by atoms with Crippen LogP contribution in [0.25, 0.3) is 0 Å². The van der Waals surface area contributed by atoms with Crippen molar-refractivity contribution in [3.63, 3.8) is 0 Å². The van der Waals surface area contributed by atoms with Crippen molar-refractivity contribution in [1.82, 2.24) is 4.90 Å². The largest absolute Gasteiger partial charge is 0.345 e. The van der Waals surface area contributed by atoms with E-state index < -0.39 is 0 Å². The highest BCUT2D eigenvalue weighted by atomic mass is 16.2. The number of nitrogens with two attached hydrogens (primary N) is 1. The lowest BCUT2D eigenvalue weighted by Gasteiger charge is -2.24. The number of rotatable bonds is 5. The average Bonchev–Trinajstić information content (AvgIpc) is 2.85. The monoisotopic (exact) mass is 224 g/mol. The lowest BCUT2D eigenvalue weighted by molar-refractivity contribution is -0.131. The van der Waals surface area contributed by atoms with Crippen molar-refractivity contribution >= 4 is 5.91 Å². The Balaban J connectivity index is 1.75. The molecule has 0 aromatic heterocycles. The topological polar surface area (TPSA) is 46.3 Å². The maximum Gasteiger partial charge on any atom is 0.222 e. The van der Waals surface area contributed by atoms with E-state index in [2.05, 4.69) is 0 Å². The third-order valence-electron chi connectivity index (χ3n) is 4.33. The third kappa shape index (κ3) is 2.76. The van der Waals surface area contributed by atoms with Crippen molar-refractivity contribution in [1.29, 1.82) is 0 Å². The van der Waals surface area contributed by atoms with Crippen LogP contribution in [-0.4, -0.2) is 30.9 Å². The fraction of sp³-hybridized carbons (Fsp3) is 0.923. The van der Waals surface area contributed by atoms with E-state index >= 15 is 0 Å². The zero-order valence-corrected chi connectivity index (χ0v) is 10.4. The fourth-order valence-electron chi connectivity index (χ4n) is 2.81. The third-order valence-corrected chi connectivity index (χ3v) is 4.33. The molecular weight excluding hydrogens is 200 g/mol. The fourth-order valence-corrected chi connectivity index (χ4v) is 2.81. The van der Waals surface area contributed by atoms with Gasteiger partial charge in [0.15, 0.2) is 0 Å². The first-order valence-electron chi connectivity index (χ1n) is 6.59. The first kappa shape index (κ1) is 11.9. The first-order valence-corrected chi connectivity index (χ1v) is 6.59. The second-order valence-electron chi connectivity index (χ2n) is 5.81. The van der Waals surface area contributed by atoms with Gasteiger partial charge in [-0.1, -0.05) is 12.8 Å². The molecule has 16 heavy (non-hydrogen) atoms. The van der Waals surface area contributed by atoms with Crippen LogP contribution in [-0.2, 0) is 4.79 Å². The van der Waals surface area contributed by atoms with E-state index in [0.29, 0.717) is 11.8 Å². The molecule has 0 unspecified atom stereocenters. The minimum atomic E-state index is 0.278. The predicted molar refractivity (Wildman–Crippen MR) is 64.9 cm³/mol. The summed E-state index contributed by atoms with van der Waals surface area (Å²) in [5.41, 5.74) is 6.02. The number of nitrogens with zero attached hydrogens (tertiary/aromatic N) is 1. The van der Waals surface area contributed by atoms with E-state index in [1.807, 2.05) is 11.9 Å². The van der Waals surface area contributed by atoms with Gasteiger partial charge in [-0.2, -0.15) is 0 Å². The molecule has 0 bridgehead atoms. The summed E-state index contributed by atoms with van der Waals surface area (Å²) >= 11 is 0. The molecule has 1 amide bonds. The highest BCUT2D eigenvalue weighted by Gasteiger charge is 2.42. The van der Waals surface area contributed by atoms with Crippen LogP contribution < -0.4 is 5.73 Å². The molecule has 0 heterocycles. The molecule has 0 radical (unpaired) electrons. The summed E-state index contributed by atoms with van der Waals surface area (Å²) in [5, 5.41) is 0. The average molecular weight is 224 g/mol. The van der Waals surface area contributed by atoms with E-state index in [1.54, 1.807) is 0 Å². The summed E-state index contributed by atoms with van der Waals surface area (Å²) in [6.45, 7) is 1.60. The smallest absolute Gasteiger partial charge is 0.222 e. The van der Waals surface area contributed by atoms with Gasteiger partial charge in [-0.15, -0.1) is 0 Å². The van der Waals surface area contributed by atoms with Gasteiger partial charge < -0.3 is 10.6 Å². The molecule has 2 N–H and O–H groups in total. The minimum absolute atomic E-state index is 0.278. The van der Waals surface area contributed by atoms with Gasteiger partial charge in [-0.25, -0.2) is 0 Å². The Morgan fingerprint density at radius 3 is 2.50 bits per heavy atom. The summed E-state index contributed by atoms with van der Waals surface area (Å²) in [4.78, 5) is 13.9. The van der Waals surface area contributed by atoms with Crippen LogP contribution in [0.15, 0.2) is 0 Å². The van der Waals surface area contributed by atoms with Gasteiger partial charge in [0.2, 0.25) is 5.91 Å². The number of hydrogen-bond acceptors (Lipinski definition) is 2. The van der Waals surface area contributed by atoms with Crippen molar-refractivity contribution in [2.45, 2.75) is 44.9 Å². The predicted octanol–water partition coefficient (Wildman–Crippen LogP) is 1.76. The molecule has 0 aliphatic heterocycles. The Morgan fingerprint density at radius 2 is 2.00 bits per heavy atom. The normalized spacial score (nSPS) is 23.4.